The van der Waals surface area contributed by atoms with E-state index in [0.29, 0.717) is 0 Å². The average molecular weight is 375 g/mol. The van der Waals surface area contributed by atoms with Crippen LogP contribution < -0.4 is 0 Å². The molecule has 0 fully saturated rings. The number of aryl methyl sites for hydroxylation is 1. The molecule has 0 radical (unpaired) electrons. The van der Waals surface area contributed by atoms with Gasteiger partial charge < -0.3 is 0 Å². The quantitative estimate of drug-likeness (QED) is 0.567. The van der Waals surface area contributed by atoms with Crippen LogP contribution in [0.4, 0.5) is 11.4 Å². The lowest BCUT2D eigenvalue weighted by Crippen LogP contribution is -1.94. The Bertz CT molecular complexity index is 684. The molecule has 104 valence electrons. The Morgan fingerprint density at radius 1 is 1.10 bits per heavy atom. The predicted molar refractivity (Wildman–Crippen MR) is 80.6 cm³/mol. The predicted octanol–water partition coefficient (Wildman–Crippen LogP) is 4.79. The van der Waals surface area contributed by atoms with E-state index >= 15 is 0 Å². The summed E-state index contributed by atoms with van der Waals surface area (Å²) >= 11 is 5.16. The van der Waals surface area contributed by atoms with Crippen molar-refractivity contribution in [3.05, 3.63) is 53.8 Å². The Morgan fingerprint density at radius 2 is 1.65 bits per heavy atom. The second-order valence-electron chi connectivity index (χ2n) is 3.79. The van der Waals surface area contributed by atoms with Crippen molar-refractivity contribution in [1.82, 2.24) is 0 Å². The van der Waals surface area contributed by atoms with Gasteiger partial charge >= 0.3 is 11.4 Å². The number of nitrogens with zero attached hydrogens (tertiary/aromatic N) is 2. The minimum absolute atomic E-state index is 0.156. The summed E-state index contributed by atoms with van der Waals surface area (Å²) in [6, 6.07) is 7.41. The Balaban J connectivity index is 2.46. The van der Waals surface area contributed by atoms with E-state index in [1.807, 2.05) is 31.2 Å². The molecular weight excluding hydrogens is 368 g/mol. The van der Waals surface area contributed by atoms with E-state index in [9.17, 15) is 20.2 Å². The van der Waals surface area contributed by atoms with Gasteiger partial charge in [-0.1, -0.05) is 29.5 Å². The van der Waals surface area contributed by atoms with E-state index in [1.165, 1.54) is 0 Å². The van der Waals surface area contributed by atoms with Crippen LogP contribution in [-0.4, -0.2) is 9.85 Å². The van der Waals surface area contributed by atoms with Gasteiger partial charge in [-0.05, 0) is 35.0 Å². The molecule has 0 atom stereocenters. The van der Waals surface area contributed by atoms with Crippen molar-refractivity contribution in [3.8, 4) is 0 Å². The van der Waals surface area contributed by atoms with Crippen LogP contribution in [0.1, 0.15) is 5.56 Å². The summed E-state index contributed by atoms with van der Waals surface area (Å²) in [5, 5.41) is 22.0. The average Bonchev–Trinajstić information content (AvgIpc) is 2.69. The first kappa shape index (κ1) is 14.9. The number of benzene rings is 1. The minimum Gasteiger partial charge on any atom is -0.258 e. The number of halogens is 1. The highest BCUT2D eigenvalue weighted by molar-refractivity contribution is 9.11. The van der Waals surface area contributed by atoms with E-state index in [1.54, 1.807) is 0 Å². The highest BCUT2D eigenvalue weighted by Gasteiger charge is 2.36. The molecule has 0 saturated carbocycles. The molecule has 0 aliphatic carbocycles. The standard InChI is InChI=1S/C11H7BrN2O4S2/c1-6-2-4-7(5-3-6)19-11-9(14(17)18)8(13(15)16)10(12)20-11/h2-5H,1H3. The highest BCUT2D eigenvalue weighted by Crippen LogP contribution is 2.50. The van der Waals surface area contributed by atoms with Gasteiger partial charge in [-0.3, -0.25) is 20.2 Å². The monoisotopic (exact) mass is 374 g/mol. The van der Waals surface area contributed by atoms with E-state index in [4.69, 9.17) is 0 Å². The molecule has 0 aliphatic heterocycles. The summed E-state index contributed by atoms with van der Waals surface area (Å²) < 4.78 is 0.446. The lowest BCUT2D eigenvalue weighted by molar-refractivity contribution is -0.423. The van der Waals surface area contributed by atoms with Crippen LogP contribution >= 0.6 is 39.0 Å². The molecule has 1 aromatic carbocycles. The smallest absolute Gasteiger partial charge is 0.258 e. The summed E-state index contributed by atoms with van der Waals surface area (Å²) in [5.74, 6) is 0. The van der Waals surface area contributed by atoms with Gasteiger partial charge in [-0.25, -0.2) is 0 Å². The molecule has 0 N–H and O–H groups in total. The number of thiophene rings is 1. The fourth-order valence-corrected chi connectivity index (χ4v) is 4.77. The van der Waals surface area contributed by atoms with Gasteiger partial charge in [0.15, 0.2) is 8.00 Å². The minimum atomic E-state index is -0.738. The number of hydrogen-bond donors (Lipinski definition) is 0. The summed E-state index contributed by atoms with van der Waals surface area (Å²) in [4.78, 5) is 21.3. The first-order valence-corrected chi connectivity index (χ1v) is 7.68. The zero-order valence-corrected chi connectivity index (χ0v) is 13.3. The van der Waals surface area contributed by atoms with Crippen molar-refractivity contribution < 1.29 is 9.85 Å². The van der Waals surface area contributed by atoms with Gasteiger partial charge in [0, 0.05) is 4.90 Å². The van der Waals surface area contributed by atoms with E-state index in [-0.39, 0.29) is 8.00 Å². The number of rotatable bonds is 4. The molecular formula is C11H7BrN2O4S2. The fraction of sp³-hybridized carbons (Fsp3) is 0.0909. The van der Waals surface area contributed by atoms with Crippen LogP contribution in [0.25, 0.3) is 0 Å². The van der Waals surface area contributed by atoms with E-state index in [0.717, 1.165) is 33.6 Å². The van der Waals surface area contributed by atoms with Crippen molar-refractivity contribution >= 4 is 50.4 Å². The Kier molecular flexibility index (Phi) is 4.41. The van der Waals surface area contributed by atoms with Gasteiger partial charge in [0.05, 0.1) is 9.85 Å². The zero-order chi connectivity index (χ0) is 14.9. The third-order valence-corrected chi connectivity index (χ3v) is 5.38. The van der Waals surface area contributed by atoms with Gasteiger partial charge in [0.2, 0.25) is 0 Å². The SMILES string of the molecule is Cc1ccc(Sc2sc(Br)c([N+](=O)[O-])c2[N+](=O)[O-])cc1. The highest BCUT2D eigenvalue weighted by atomic mass is 79.9. The van der Waals surface area contributed by atoms with Gasteiger partial charge in [-0.15, -0.1) is 11.3 Å². The maximum absolute atomic E-state index is 11.1. The summed E-state index contributed by atoms with van der Waals surface area (Å²) in [5.41, 5.74) is 0.120. The van der Waals surface area contributed by atoms with Crippen LogP contribution in [0.3, 0.4) is 0 Å². The topological polar surface area (TPSA) is 86.3 Å². The van der Waals surface area contributed by atoms with E-state index < -0.39 is 21.2 Å². The first-order valence-electron chi connectivity index (χ1n) is 5.25. The largest absolute Gasteiger partial charge is 0.372 e. The number of nitro groups is 2. The van der Waals surface area contributed by atoms with Crippen molar-refractivity contribution in [3.63, 3.8) is 0 Å². The molecule has 1 heterocycles. The van der Waals surface area contributed by atoms with Crippen LogP contribution in [-0.2, 0) is 0 Å². The van der Waals surface area contributed by atoms with Crippen LogP contribution in [0, 0.1) is 27.2 Å². The molecule has 0 bridgehead atoms. The molecule has 1 aromatic heterocycles. The maximum atomic E-state index is 11.1. The number of hydrogen-bond acceptors (Lipinski definition) is 6. The molecule has 20 heavy (non-hydrogen) atoms. The normalized spacial score (nSPS) is 10.5. The Labute approximate surface area is 130 Å². The van der Waals surface area contributed by atoms with E-state index in [2.05, 4.69) is 15.9 Å². The summed E-state index contributed by atoms with van der Waals surface area (Å²) in [6.07, 6.45) is 0. The molecule has 0 aliphatic rings. The van der Waals surface area contributed by atoms with Crippen molar-refractivity contribution in [2.45, 2.75) is 16.0 Å². The van der Waals surface area contributed by atoms with Crippen LogP contribution in [0.2, 0.25) is 0 Å². The van der Waals surface area contributed by atoms with Crippen molar-refractivity contribution in [2.24, 2.45) is 0 Å². The maximum Gasteiger partial charge on any atom is 0.372 e. The van der Waals surface area contributed by atoms with Gasteiger partial charge in [0.25, 0.3) is 0 Å². The molecule has 2 aromatic rings. The molecule has 0 unspecified atom stereocenters. The van der Waals surface area contributed by atoms with Gasteiger partial charge in [-0.2, -0.15) is 0 Å². The van der Waals surface area contributed by atoms with Gasteiger partial charge in [0.1, 0.15) is 0 Å². The van der Waals surface area contributed by atoms with Crippen LogP contribution in [0.15, 0.2) is 37.2 Å². The molecule has 9 heteroatoms. The summed E-state index contributed by atoms with van der Waals surface area (Å²) in [6.45, 7) is 1.93. The van der Waals surface area contributed by atoms with Crippen molar-refractivity contribution in [1.29, 1.82) is 0 Å². The molecule has 0 saturated heterocycles. The third kappa shape index (κ3) is 3.00. The first-order chi connectivity index (χ1) is 9.40. The zero-order valence-electron chi connectivity index (χ0n) is 10.0. The summed E-state index contributed by atoms with van der Waals surface area (Å²) in [7, 11) is 0. The van der Waals surface area contributed by atoms with Crippen molar-refractivity contribution in [2.75, 3.05) is 0 Å². The molecule has 0 amide bonds. The molecule has 0 spiro atoms. The van der Waals surface area contributed by atoms with Crippen LogP contribution in [0.5, 0.6) is 0 Å². The second kappa shape index (κ2) is 5.90. The Morgan fingerprint density at radius 3 is 2.15 bits per heavy atom. The molecule has 6 nitrogen and oxygen atoms in total. The lowest BCUT2D eigenvalue weighted by atomic mass is 10.2. The second-order valence-corrected chi connectivity index (χ2v) is 7.47. The fourth-order valence-electron chi connectivity index (χ4n) is 1.47. The lowest BCUT2D eigenvalue weighted by Gasteiger charge is -1.99. The third-order valence-electron chi connectivity index (χ3n) is 2.38. The Hall–Kier alpha value is -1.45. The molecule has 2 rings (SSSR count).